The lowest BCUT2D eigenvalue weighted by atomic mass is 9.95. The minimum Gasteiger partial charge on any atom is -0.379 e. The van der Waals surface area contributed by atoms with Gasteiger partial charge in [-0.15, -0.1) is 0 Å². The molecule has 0 bridgehead atoms. The van der Waals surface area contributed by atoms with Gasteiger partial charge in [0.2, 0.25) is 5.91 Å². The molecule has 1 heterocycles. The Morgan fingerprint density at radius 1 is 1.41 bits per heavy atom. The van der Waals surface area contributed by atoms with Crippen molar-refractivity contribution in [3.63, 3.8) is 0 Å². The summed E-state index contributed by atoms with van der Waals surface area (Å²) in [6.07, 6.45) is 2.55. The van der Waals surface area contributed by atoms with Crippen molar-refractivity contribution >= 4 is 5.91 Å². The monoisotopic (exact) mass is 242 g/mol. The van der Waals surface area contributed by atoms with Gasteiger partial charge in [0.25, 0.3) is 0 Å². The summed E-state index contributed by atoms with van der Waals surface area (Å²) in [5, 5.41) is 6.39. The van der Waals surface area contributed by atoms with Gasteiger partial charge in [-0.2, -0.15) is 0 Å². The maximum atomic E-state index is 11.8. The fourth-order valence-corrected chi connectivity index (χ4v) is 1.98. The molecule has 1 unspecified atom stereocenters. The first-order chi connectivity index (χ1) is 7.81. The summed E-state index contributed by atoms with van der Waals surface area (Å²) in [5.74, 6) is 0.106. The SMILES string of the molecule is CC(C)(C)NCCC(=O)NC1(C)CCCOC1. The third kappa shape index (κ3) is 6.03. The van der Waals surface area contributed by atoms with Crippen LogP contribution in [0.1, 0.15) is 47.0 Å². The van der Waals surface area contributed by atoms with E-state index in [9.17, 15) is 4.79 Å². The summed E-state index contributed by atoms with van der Waals surface area (Å²) >= 11 is 0. The zero-order valence-electron chi connectivity index (χ0n) is 11.6. The first kappa shape index (κ1) is 14.5. The Kier molecular flexibility index (Phi) is 4.95. The van der Waals surface area contributed by atoms with E-state index in [-0.39, 0.29) is 17.0 Å². The van der Waals surface area contributed by atoms with Crippen molar-refractivity contribution < 1.29 is 9.53 Å². The van der Waals surface area contributed by atoms with Crippen LogP contribution in [0.4, 0.5) is 0 Å². The van der Waals surface area contributed by atoms with Crippen LogP contribution in [-0.2, 0) is 9.53 Å². The molecule has 1 saturated heterocycles. The summed E-state index contributed by atoms with van der Waals surface area (Å²) in [7, 11) is 0. The molecule has 1 fully saturated rings. The van der Waals surface area contributed by atoms with Crippen molar-refractivity contribution in [1.82, 2.24) is 10.6 Å². The predicted octanol–water partition coefficient (Wildman–Crippen LogP) is 1.45. The molecule has 0 aromatic heterocycles. The molecule has 4 nitrogen and oxygen atoms in total. The van der Waals surface area contributed by atoms with Gasteiger partial charge in [0.1, 0.15) is 0 Å². The number of hydrogen-bond acceptors (Lipinski definition) is 3. The van der Waals surface area contributed by atoms with Gasteiger partial charge in [0, 0.05) is 25.1 Å². The molecule has 17 heavy (non-hydrogen) atoms. The minimum absolute atomic E-state index is 0.0676. The van der Waals surface area contributed by atoms with Gasteiger partial charge in [-0.25, -0.2) is 0 Å². The number of hydrogen-bond donors (Lipinski definition) is 2. The Morgan fingerprint density at radius 3 is 2.65 bits per heavy atom. The quantitative estimate of drug-likeness (QED) is 0.784. The Morgan fingerprint density at radius 2 is 2.12 bits per heavy atom. The van der Waals surface area contributed by atoms with Crippen molar-refractivity contribution in [2.45, 2.75) is 58.0 Å². The van der Waals surface area contributed by atoms with Crippen molar-refractivity contribution in [2.24, 2.45) is 0 Å². The molecule has 0 aliphatic carbocycles. The highest BCUT2D eigenvalue weighted by Gasteiger charge is 2.28. The topological polar surface area (TPSA) is 50.4 Å². The van der Waals surface area contributed by atoms with Gasteiger partial charge in [0.05, 0.1) is 12.1 Å². The van der Waals surface area contributed by atoms with Gasteiger partial charge in [-0.3, -0.25) is 4.79 Å². The van der Waals surface area contributed by atoms with Crippen LogP contribution in [0.3, 0.4) is 0 Å². The fraction of sp³-hybridized carbons (Fsp3) is 0.923. The number of carbonyl (C=O) groups excluding carboxylic acids is 1. The van der Waals surface area contributed by atoms with Crippen molar-refractivity contribution in [1.29, 1.82) is 0 Å². The summed E-state index contributed by atoms with van der Waals surface area (Å²) in [4.78, 5) is 11.8. The molecule has 2 N–H and O–H groups in total. The van der Waals surface area contributed by atoms with Crippen LogP contribution >= 0.6 is 0 Å². The largest absolute Gasteiger partial charge is 0.379 e. The Hall–Kier alpha value is -0.610. The van der Waals surface area contributed by atoms with E-state index in [1.807, 2.05) is 0 Å². The van der Waals surface area contributed by atoms with Crippen LogP contribution in [0.25, 0.3) is 0 Å². The Balaban J connectivity index is 2.24. The third-order valence-electron chi connectivity index (χ3n) is 2.89. The fourth-order valence-electron chi connectivity index (χ4n) is 1.98. The molecule has 0 saturated carbocycles. The van der Waals surface area contributed by atoms with Crippen LogP contribution in [0.5, 0.6) is 0 Å². The highest BCUT2D eigenvalue weighted by molar-refractivity contribution is 5.77. The molecular weight excluding hydrogens is 216 g/mol. The molecular formula is C13H26N2O2. The van der Waals surface area contributed by atoms with E-state index >= 15 is 0 Å². The number of ether oxygens (including phenoxy) is 1. The number of carbonyl (C=O) groups is 1. The second-order valence-corrected chi connectivity index (χ2v) is 6.19. The van der Waals surface area contributed by atoms with E-state index in [4.69, 9.17) is 4.74 Å². The lowest BCUT2D eigenvalue weighted by molar-refractivity contribution is -0.124. The van der Waals surface area contributed by atoms with Crippen molar-refractivity contribution in [3.05, 3.63) is 0 Å². The van der Waals surface area contributed by atoms with Crippen LogP contribution in [0.2, 0.25) is 0 Å². The smallest absolute Gasteiger partial charge is 0.221 e. The molecule has 1 amide bonds. The van der Waals surface area contributed by atoms with Crippen molar-refractivity contribution in [2.75, 3.05) is 19.8 Å². The molecule has 0 spiro atoms. The number of amides is 1. The van der Waals surface area contributed by atoms with E-state index in [0.717, 1.165) is 19.4 Å². The highest BCUT2D eigenvalue weighted by Crippen LogP contribution is 2.18. The zero-order chi connectivity index (χ0) is 12.9. The first-order valence-corrected chi connectivity index (χ1v) is 6.45. The Bertz CT molecular complexity index is 253. The zero-order valence-corrected chi connectivity index (χ0v) is 11.6. The van der Waals surface area contributed by atoms with E-state index in [1.54, 1.807) is 0 Å². The third-order valence-corrected chi connectivity index (χ3v) is 2.89. The number of rotatable bonds is 4. The molecule has 1 atom stereocenters. The van der Waals surface area contributed by atoms with E-state index in [1.165, 1.54) is 0 Å². The van der Waals surface area contributed by atoms with Crippen LogP contribution in [0, 0.1) is 0 Å². The summed E-state index contributed by atoms with van der Waals surface area (Å²) in [6.45, 7) is 10.5. The average molecular weight is 242 g/mol. The minimum atomic E-state index is -0.170. The average Bonchev–Trinajstić information content (AvgIpc) is 2.15. The molecule has 0 radical (unpaired) electrons. The standard InChI is InChI=1S/C13H26N2O2/c1-12(2,3)14-8-6-11(16)15-13(4)7-5-9-17-10-13/h14H,5-10H2,1-4H3,(H,15,16). The molecule has 0 aromatic rings. The van der Waals surface area contributed by atoms with Crippen LogP contribution < -0.4 is 10.6 Å². The Labute approximate surface area is 104 Å². The summed E-state index contributed by atoms with van der Waals surface area (Å²) in [5.41, 5.74) is -0.102. The highest BCUT2D eigenvalue weighted by atomic mass is 16.5. The molecule has 1 rings (SSSR count). The molecule has 100 valence electrons. The molecule has 1 aliphatic heterocycles. The molecule has 4 heteroatoms. The van der Waals surface area contributed by atoms with E-state index in [0.29, 0.717) is 19.6 Å². The van der Waals surface area contributed by atoms with Crippen LogP contribution in [-0.4, -0.2) is 36.7 Å². The maximum Gasteiger partial charge on any atom is 0.221 e. The summed E-state index contributed by atoms with van der Waals surface area (Å²) in [6, 6.07) is 0. The predicted molar refractivity (Wildman–Crippen MR) is 69.0 cm³/mol. The normalized spacial score (nSPS) is 25.6. The van der Waals surface area contributed by atoms with Gasteiger partial charge in [0.15, 0.2) is 0 Å². The molecule has 0 aromatic carbocycles. The van der Waals surface area contributed by atoms with Crippen molar-refractivity contribution in [3.8, 4) is 0 Å². The lowest BCUT2D eigenvalue weighted by Crippen LogP contribution is -2.52. The van der Waals surface area contributed by atoms with E-state index in [2.05, 4.69) is 38.3 Å². The van der Waals surface area contributed by atoms with Gasteiger partial charge in [-0.05, 0) is 40.5 Å². The van der Waals surface area contributed by atoms with Gasteiger partial charge >= 0.3 is 0 Å². The second kappa shape index (κ2) is 5.83. The second-order valence-electron chi connectivity index (χ2n) is 6.19. The van der Waals surface area contributed by atoms with E-state index < -0.39 is 0 Å². The van der Waals surface area contributed by atoms with Gasteiger partial charge in [-0.1, -0.05) is 0 Å². The van der Waals surface area contributed by atoms with Gasteiger partial charge < -0.3 is 15.4 Å². The number of nitrogens with one attached hydrogen (secondary N) is 2. The molecule has 1 aliphatic rings. The van der Waals surface area contributed by atoms with Crippen LogP contribution in [0.15, 0.2) is 0 Å². The first-order valence-electron chi connectivity index (χ1n) is 6.45. The maximum absolute atomic E-state index is 11.8. The lowest BCUT2D eigenvalue weighted by Gasteiger charge is -2.34. The summed E-state index contributed by atoms with van der Waals surface area (Å²) < 4.78 is 5.41.